The van der Waals surface area contributed by atoms with Gasteiger partial charge in [-0.1, -0.05) is 19.3 Å². The van der Waals surface area contributed by atoms with Crippen LogP contribution in [0.25, 0.3) is 0 Å². The van der Waals surface area contributed by atoms with Crippen LogP contribution in [0.2, 0.25) is 0 Å². The Balaban J connectivity index is 2.59. The number of hydrogen-bond acceptors (Lipinski definition) is 4. The number of carbonyl (C=O) groups excluding carboxylic acids is 1. The molecule has 0 aromatic rings. The van der Waals surface area contributed by atoms with E-state index < -0.39 is 12.0 Å². The zero-order chi connectivity index (χ0) is 13.5. The highest BCUT2D eigenvalue weighted by Gasteiger charge is 2.33. The van der Waals surface area contributed by atoms with Crippen LogP contribution in [0.4, 0.5) is 0 Å². The lowest BCUT2D eigenvalue weighted by molar-refractivity contribution is -0.150. The first-order valence-electron chi connectivity index (χ1n) is 6.65. The molecule has 1 saturated carbocycles. The van der Waals surface area contributed by atoms with Crippen molar-refractivity contribution in [3.05, 3.63) is 0 Å². The summed E-state index contributed by atoms with van der Waals surface area (Å²) in [5.74, 6) is -1.05. The summed E-state index contributed by atoms with van der Waals surface area (Å²) in [6, 6.07) is -0.574. The zero-order valence-corrected chi connectivity index (χ0v) is 11.2. The van der Waals surface area contributed by atoms with Gasteiger partial charge in [-0.15, -0.1) is 0 Å². The number of carbonyl (C=O) groups is 2. The van der Waals surface area contributed by atoms with E-state index in [0.29, 0.717) is 6.61 Å². The first-order valence-corrected chi connectivity index (χ1v) is 6.65. The van der Waals surface area contributed by atoms with Gasteiger partial charge in [0.1, 0.15) is 6.04 Å². The van der Waals surface area contributed by atoms with Crippen LogP contribution in [0, 0.1) is 5.92 Å². The van der Waals surface area contributed by atoms with Crippen molar-refractivity contribution in [2.75, 3.05) is 20.2 Å². The Hall–Kier alpha value is -1.10. The number of aliphatic carboxylic acids is 1. The lowest BCUT2D eigenvalue weighted by Gasteiger charge is -2.33. The molecule has 1 atom stereocenters. The van der Waals surface area contributed by atoms with E-state index in [1.165, 1.54) is 6.42 Å². The molecule has 0 aromatic heterocycles. The van der Waals surface area contributed by atoms with Gasteiger partial charge in [0.05, 0.1) is 13.2 Å². The Morgan fingerprint density at radius 1 is 1.33 bits per heavy atom. The second kappa shape index (κ2) is 7.36. The van der Waals surface area contributed by atoms with Crippen LogP contribution in [-0.4, -0.2) is 48.2 Å². The van der Waals surface area contributed by atoms with E-state index in [9.17, 15) is 14.7 Å². The highest BCUT2D eigenvalue weighted by Crippen LogP contribution is 2.28. The van der Waals surface area contributed by atoms with Gasteiger partial charge in [-0.2, -0.15) is 0 Å². The molecule has 18 heavy (non-hydrogen) atoms. The first-order chi connectivity index (χ1) is 8.56. The van der Waals surface area contributed by atoms with E-state index in [0.717, 1.165) is 25.7 Å². The predicted molar refractivity (Wildman–Crippen MR) is 67.3 cm³/mol. The molecule has 104 valence electrons. The molecule has 0 heterocycles. The third kappa shape index (κ3) is 4.29. The smallest absolute Gasteiger partial charge is 0.321 e. The standard InChI is InChI=1S/C13H23NO4/c1-3-18-11(15)9-14(2)12(13(16)17)10-7-5-4-6-8-10/h10,12H,3-9H2,1-2H3,(H,16,17)/t12-/m0/s1. The van der Waals surface area contributed by atoms with Gasteiger partial charge in [0.25, 0.3) is 0 Å². The summed E-state index contributed by atoms with van der Waals surface area (Å²) in [6.07, 6.45) is 5.22. The van der Waals surface area contributed by atoms with Crippen LogP contribution in [0.15, 0.2) is 0 Å². The largest absolute Gasteiger partial charge is 0.480 e. The van der Waals surface area contributed by atoms with E-state index in [4.69, 9.17) is 4.74 Å². The Kier molecular flexibility index (Phi) is 6.12. The monoisotopic (exact) mass is 257 g/mol. The van der Waals surface area contributed by atoms with Gasteiger partial charge in [-0.05, 0) is 32.7 Å². The molecule has 0 bridgehead atoms. The second-order valence-corrected chi connectivity index (χ2v) is 4.90. The number of esters is 1. The van der Waals surface area contributed by atoms with Gasteiger partial charge in [-0.3, -0.25) is 14.5 Å². The van der Waals surface area contributed by atoms with Crippen LogP contribution in [0.1, 0.15) is 39.0 Å². The molecule has 5 nitrogen and oxygen atoms in total. The number of carboxylic acid groups (broad SMARTS) is 1. The third-order valence-corrected chi connectivity index (χ3v) is 3.51. The van der Waals surface area contributed by atoms with E-state index in [1.807, 2.05) is 0 Å². The van der Waals surface area contributed by atoms with Crippen LogP contribution < -0.4 is 0 Å². The van der Waals surface area contributed by atoms with Crippen molar-refractivity contribution in [1.29, 1.82) is 0 Å². The summed E-state index contributed by atoms with van der Waals surface area (Å²) in [6.45, 7) is 2.11. The number of rotatable bonds is 6. The fraction of sp³-hybridized carbons (Fsp3) is 0.846. The van der Waals surface area contributed by atoms with E-state index in [-0.39, 0.29) is 18.4 Å². The van der Waals surface area contributed by atoms with E-state index in [1.54, 1.807) is 18.9 Å². The maximum atomic E-state index is 11.4. The summed E-state index contributed by atoms with van der Waals surface area (Å²) >= 11 is 0. The topological polar surface area (TPSA) is 66.8 Å². The minimum atomic E-state index is -0.839. The summed E-state index contributed by atoms with van der Waals surface area (Å²) < 4.78 is 4.86. The Bertz CT molecular complexity index is 287. The van der Waals surface area contributed by atoms with Gasteiger partial charge < -0.3 is 9.84 Å². The molecule has 0 radical (unpaired) electrons. The summed E-state index contributed by atoms with van der Waals surface area (Å²) in [7, 11) is 1.68. The lowest BCUT2D eigenvalue weighted by Crippen LogP contribution is -2.47. The van der Waals surface area contributed by atoms with Crippen molar-refractivity contribution in [2.24, 2.45) is 5.92 Å². The summed E-state index contributed by atoms with van der Waals surface area (Å²) in [4.78, 5) is 24.4. The van der Waals surface area contributed by atoms with Gasteiger partial charge in [0, 0.05) is 0 Å². The Morgan fingerprint density at radius 3 is 2.44 bits per heavy atom. The van der Waals surface area contributed by atoms with Gasteiger partial charge in [-0.25, -0.2) is 0 Å². The van der Waals surface area contributed by atoms with E-state index >= 15 is 0 Å². The predicted octanol–water partition coefficient (Wildman–Crippen LogP) is 1.51. The highest BCUT2D eigenvalue weighted by molar-refractivity contribution is 5.76. The van der Waals surface area contributed by atoms with Crippen molar-refractivity contribution in [2.45, 2.75) is 45.1 Å². The SMILES string of the molecule is CCOC(=O)CN(C)[C@H](C(=O)O)C1CCCCC1. The minimum absolute atomic E-state index is 0.0430. The van der Waals surface area contributed by atoms with Crippen molar-refractivity contribution < 1.29 is 19.4 Å². The fourth-order valence-electron chi connectivity index (χ4n) is 2.71. The highest BCUT2D eigenvalue weighted by atomic mass is 16.5. The van der Waals surface area contributed by atoms with Crippen molar-refractivity contribution in [3.63, 3.8) is 0 Å². The molecular weight excluding hydrogens is 234 g/mol. The summed E-state index contributed by atoms with van der Waals surface area (Å²) in [5, 5.41) is 9.34. The third-order valence-electron chi connectivity index (χ3n) is 3.51. The average molecular weight is 257 g/mol. The molecular formula is C13H23NO4. The second-order valence-electron chi connectivity index (χ2n) is 4.90. The van der Waals surface area contributed by atoms with Gasteiger partial charge in [0.15, 0.2) is 0 Å². The van der Waals surface area contributed by atoms with Gasteiger partial charge >= 0.3 is 11.9 Å². The first kappa shape index (κ1) is 15.0. The molecule has 1 rings (SSSR count). The number of nitrogens with zero attached hydrogens (tertiary/aromatic N) is 1. The number of likely N-dealkylation sites (N-methyl/N-ethyl adjacent to an activating group) is 1. The quantitative estimate of drug-likeness (QED) is 0.731. The molecule has 0 spiro atoms. The molecule has 0 saturated heterocycles. The maximum Gasteiger partial charge on any atom is 0.321 e. The minimum Gasteiger partial charge on any atom is -0.480 e. The lowest BCUT2D eigenvalue weighted by atomic mass is 9.83. The molecule has 0 amide bonds. The van der Waals surface area contributed by atoms with Crippen molar-refractivity contribution >= 4 is 11.9 Å². The van der Waals surface area contributed by atoms with Crippen molar-refractivity contribution in [1.82, 2.24) is 4.90 Å². The molecule has 0 aromatic carbocycles. The molecule has 1 aliphatic carbocycles. The molecule has 1 aliphatic rings. The Labute approximate surface area is 108 Å². The maximum absolute atomic E-state index is 11.4. The molecule has 1 N–H and O–H groups in total. The number of carboxylic acids is 1. The van der Waals surface area contributed by atoms with Crippen LogP contribution >= 0.6 is 0 Å². The molecule has 5 heteroatoms. The Morgan fingerprint density at radius 2 is 1.94 bits per heavy atom. The summed E-state index contributed by atoms with van der Waals surface area (Å²) in [5.41, 5.74) is 0. The number of ether oxygens (including phenoxy) is 1. The zero-order valence-electron chi connectivity index (χ0n) is 11.2. The molecule has 0 unspecified atom stereocenters. The average Bonchev–Trinajstić information content (AvgIpc) is 2.30. The number of hydrogen-bond donors (Lipinski definition) is 1. The van der Waals surface area contributed by atoms with Crippen LogP contribution in [0.3, 0.4) is 0 Å². The fourth-order valence-corrected chi connectivity index (χ4v) is 2.71. The molecule has 1 fully saturated rings. The molecule has 0 aliphatic heterocycles. The van der Waals surface area contributed by atoms with Crippen LogP contribution in [-0.2, 0) is 14.3 Å². The normalized spacial score (nSPS) is 18.6. The van der Waals surface area contributed by atoms with Crippen molar-refractivity contribution in [3.8, 4) is 0 Å². The van der Waals surface area contributed by atoms with Gasteiger partial charge in [0.2, 0.25) is 0 Å². The van der Waals surface area contributed by atoms with E-state index in [2.05, 4.69) is 0 Å². The van der Waals surface area contributed by atoms with Crippen LogP contribution in [0.5, 0.6) is 0 Å².